The molecule has 4 atom stereocenters. The minimum atomic E-state index is -0.528. The average Bonchev–Trinajstić information content (AvgIpc) is 3.26. The van der Waals surface area contributed by atoms with E-state index in [0.29, 0.717) is 22.2 Å². The van der Waals surface area contributed by atoms with E-state index in [1.807, 2.05) is 54.6 Å². The molecule has 6 heteroatoms. The predicted molar refractivity (Wildman–Crippen MR) is 122 cm³/mol. The van der Waals surface area contributed by atoms with Gasteiger partial charge in [0, 0.05) is 22.1 Å². The fourth-order valence-corrected chi connectivity index (χ4v) is 5.37. The summed E-state index contributed by atoms with van der Waals surface area (Å²) in [7, 11) is 0. The molecule has 2 heterocycles. The van der Waals surface area contributed by atoms with Gasteiger partial charge >= 0.3 is 0 Å². The van der Waals surface area contributed by atoms with Gasteiger partial charge in [-0.2, -0.15) is 0 Å². The van der Waals surface area contributed by atoms with E-state index in [0.717, 1.165) is 11.1 Å². The van der Waals surface area contributed by atoms with Crippen LogP contribution in [-0.4, -0.2) is 17.9 Å². The summed E-state index contributed by atoms with van der Waals surface area (Å²) in [4.78, 5) is 28.4. The van der Waals surface area contributed by atoms with Gasteiger partial charge in [-0.05, 0) is 41.8 Å². The molecular weight excluding hydrogens is 431 g/mol. The highest BCUT2D eigenvalue weighted by molar-refractivity contribution is 6.35. The lowest BCUT2D eigenvalue weighted by molar-refractivity contribution is -0.123. The summed E-state index contributed by atoms with van der Waals surface area (Å²) < 4.78 is 0. The second-order valence-corrected chi connectivity index (χ2v) is 8.85. The number of anilines is 1. The number of rotatable bonds is 4. The number of carbonyl (C=O) groups excluding carboxylic acids is 2. The van der Waals surface area contributed by atoms with Gasteiger partial charge in [-0.25, -0.2) is 4.90 Å². The lowest BCUT2D eigenvalue weighted by atomic mass is 9.85. The quantitative estimate of drug-likeness (QED) is 0.565. The van der Waals surface area contributed by atoms with Crippen LogP contribution in [0.4, 0.5) is 5.69 Å². The van der Waals surface area contributed by atoms with E-state index >= 15 is 0 Å². The van der Waals surface area contributed by atoms with Crippen molar-refractivity contribution in [2.45, 2.75) is 18.5 Å². The fraction of sp³-hybridized carbons (Fsp3) is 0.200. The van der Waals surface area contributed by atoms with Crippen molar-refractivity contribution in [3.63, 3.8) is 0 Å². The zero-order chi connectivity index (χ0) is 21.5. The highest BCUT2D eigenvalue weighted by atomic mass is 35.5. The molecule has 0 saturated carbocycles. The molecule has 5 rings (SSSR count). The van der Waals surface area contributed by atoms with Gasteiger partial charge in [-0.15, -0.1) is 0 Å². The van der Waals surface area contributed by atoms with Gasteiger partial charge in [-0.1, -0.05) is 77.8 Å². The molecule has 0 aliphatic carbocycles. The summed E-state index contributed by atoms with van der Waals surface area (Å²) in [5.74, 6) is -1.35. The minimum absolute atomic E-state index is 0.165. The Hall–Kier alpha value is -2.66. The summed E-state index contributed by atoms with van der Waals surface area (Å²) in [6, 6.07) is 23.8. The molecule has 0 spiro atoms. The summed E-state index contributed by atoms with van der Waals surface area (Å²) in [5, 5.41) is 4.57. The van der Waals surface area contributed by atoms with E-state index < -0.39 is 11.8 Å². The molecule has 0 unspecified atom stereocenters. The Morgan fingerprint density at radius 1 is 0.806 bits per heavy atom. The van der Waals surface area contributed by atoms with Crippen LogP contribution in [0.3, 0.4) is 0 Å². The fourth-order valence-electron chi connectivity index (χ4n) is 4.85. The average molecular weight is 451 g/mol. The Bertz CT molecular complexity index is 1140. The van der Waals surface area contributed by atoms with Gasteiger partial charge < -0.3 is 5.32 Å². The zero-order valence-electron chi connectivity index (χ0n) is 16.5. The first-order valence-electron chi connectivity index (χ1n) is 10.2. The third-order valence-corrected chi connectivity index (χ3v) is 6.76. The Morgan fingerprint density at radius 3 is 2.13 bits per heavy atom. The molecule has 4 nitrogen and oxygen atoms in total. The first-order valence-corrected chi connectivity index (χ1v) is 11.0. The maximum absolute atomic E-state index is 13.6. The highest BCUT2D eigenvalue weighted by Gasteiger charge is 2.59. The molecule has 0 radical (unpaired) electrons. The van der Waals surface area contributed by atoms with Crippen LogP contribution in [0, 0.1) is 11.8 Å². The highest BCUT2D eigenvalue weighted by Crippen LogP contribution is 2.47. The molecule has 2 fully saturated rings. The van der Waals surface area contributed by atoms with Crippen molar-refractivity contribution in [1.29, 1.82) is 0 Å². The molecule has 0 aromatic heterocycles. The van der Waals surface area contributed by atoms with Gasteiger partial charge in [0.25, 0.3) is 0 Å². The van der Waals surface area contributed by atoms with Crippen LogP contribution >= 0.6 is 23.2 Å². The van der Waals surface area contributed by atoms with Gasteiger partial charge in [0.1, 0.15) is 0 Å². The van der Waals surface area contributed by atoms with Crippen LogP contribution < -0.4 is 10.2 Å². The van der Waals surface area contributed by atoms with Crippen LogP contribution in [-0.2, 0) is 16.0 Å². The van der Waals surface area contributed by atoms with Crippen molar-refractivity contribution in [1.82, 2.24) is 5.32 Å². The molecule has 1 N–H and O–H groups in total. The van der Waals surface area contributed by atoms with Gasteiger partial charge in [0.15, 0.2) is 0 Å². The number of amides is 2. The number of carbonyl (C=O) groups is 2. The van der Waals surface area contributed by atoms with Crippen LogP contribution in [0.25, 0.3) is 0 Å². The Labute approximate surface area is 190 Å². The second-order valence-electron chi connectivity index (χ2n) is 8.01. The summed E-state index contributed by atoms with van der Waals surface area (Å²) in [5.41, 5.74) is 2.50. The number of imide groups is 1. The Kier molecular flexibility index (Phi) is 5.30. The van der Waals surface area contributed by atoms with E-state index in [2.05, 4.69) is 5.32 Å². The van der Waals surface area contributed by atoms with E-state index in [9.17, 15) is 9.59 Å². The number of hydrogen-bond acceptors (Lipinski definition) is 3. The van der Waals surface area contributed by atoms with Crippen LogP contribution in [0.5, 0.6) is 0 Å². The normalized spacial score (nSPS) is 25.2. The standard InChI is InChI=1S/C25H20Cl2N2O2/c26-16-11-12-18(19(27)14-16)23-22-21(20(28-23)13-15-7-3-1-4-8-15)24(30)29(25(22)31)17-9-5-2-6-10-17/h1-12,14,20-23,28H,13H2/t20-,21-,22+,23+/m1/s1. The first-order chi connectivity index (χ1) is 15.0. The van der Waals surface area contributed by atoms with Gasteiger partial charge in [-0.3, -0.25) is 9.59 Å². The molecule has 2 aliphatic rings. The lowest BCUT2D eigenvalue weighted by Crippen LogP contribution is -2.40. The Balaban J connectivity index is 1.56. The topological polar surface area (TPSA) is 49.4 Å². The number of fused-ring (bicyclic) bond motifs is 1. The molecule has 0 bridgehead atoms. The maximum atomic E-state index is 13.6. The zero-order valence-corrected chi connectivity index (χ0v) is 18.1. The van der Waals surface area contributed by atoms with Crippen molar-refractivity contribution in [3.05, 3.63) is 100 Å². The molecule has 3 aromatic rings. The SMILES string of the molecule is O=C1[C@H]2[C@H](C(=O)N1c1ccccc1)[C@H](c1ccc(Cl)cc1Cl)N[C@@H]2Cc1ccccc1. The van der Waals surface area contributed by atoms with Gasteiger partial charge in [0.2, 0.25) is 11.8 Å². The molecule has 2 amide bonds. The minimum Gasteiger partial charge on any atom is -0.305 e. The Morgan fingerprint density at radius 2 is 1.45 bits per heavy atom. The molecule has 2 aliphatic heterocycles. The number of hydrogen-bond donors (Lipinski definition) is 1. The number of nitrogens with zero attached hydrogens (tertiary/aromatic N) is 1. The molecule has 3 aromatic carbocycles. The number of nitrogens with one attached hydrogen (secondary N) is 1. The summed E-state index contributed by atoms with van der Waals surface area (Å²) in [6.07, 6.45) is 0.644. The lowest BCUT2D eigenvalue weighted by Gasteiger charge is -2.23. The van der Waals surface area contributed by atoms with E-state index in [-0.39, 0.29) is 23.9 Å². The van der Waals surface area contributed by atoms with Crippen molar-refractivity contribution in [2.75, 3.05) is 4.90 Å². The van der Waals surface area contributed by atoms with Crippen LogP contribution in [0.15, 0.2) is 78.9 Å². The third-order valence-electron chi connectivity index (χ3n) is 6.19. The van der Waals surface area contributed by atoms with E-state index in [4.69, 9.17) is 23.2 Å². The van der Waals surface area contributed by atoms with Crippen LogP contribution in [0.1, 0.15) is 17.2 Å². The molecule has 2 saturated heterocycles. The summed E-state index contributed by atoms with van der Waals surface area (Å²) >= 11 is 12.6. The van der Waals surface area contributed by atoms with Crippen LogP contribution in [0.2, 0.25) is 10.0 Å². The van der Waals surface area contributed by atoms with Crippen molar-refractivity contribution >= 4 is 40.7 Å². The summed E-state index contributed by atoms with van der Waals surface area (Å²) in [6.45, 7) is 0. The van der Waals surface area contributed by atoms with Gasteiger partial charge in [0.05, 0.1) is 17.5 Å². The maximum Gasteiger partial charge on any atom is 0.239 e. The third kappa shape index (κ3) is 3.55. The predicted octanol–water partition coefficient (Wildman–Crippen LogP) is 5.05. The molecule has 156 valence electrons. The molecule has 31 heavy (non-hydrogen) atoms. The largest absolute Gasteiger partial charge is 0.305 e. The smallest absolute Gasteiger partial charge is 0.239 e. The van der Waals surface area contributed by atoms with Crippen molar-refractivity contribution in [2.24, 2.45) is 11.8 Å². The van der Waals surface area contributed by atoms with Crippen molar-refractivity contribution < 1.29 is 9.59 Å². The van der Waals surface area contributed by atoms with E-state index in [1.54, 1.807) is 24.3 Å². The molecular formula is C25H20Cl2N2O2. The number of benzene rings is 3. The van der Waals surface area contributed by atoms with Crippen molar-refractivity contribution in [3.8, 4) is 0 Å². The first kappa shape index (κ1) is 20.3. The van der Waals surface area contributed by atoms with E-state index in [1.165, 1.54) is 4.90 Å². The number of halogens is 2. The second kappa shape index (κ2) is 8.12. The number of para-hydroxylation sites is 1. The monoisotopic (exact) mass is 450 g/mol.